The van der Waals surface area contributed by atoms with Gasteiger partial charge in [0.1, 0.15) is 11.0 Å². The van der Waals surface area contributed by atoms with Crippen molar-refractivity contribution < 1.29 is 9.47 Å². The monoisotopic (exact) mass is 271 g/mol. The van der Waals surface area contributed by atoms with Crippen LogP contribution in [0.1, 0.15) is 11.5 Å². The summed E-state index contributed by atoms with van der Waals surface area (Å²) in [7, 11) is 3.42. The maximum atomic E-state index is 5.93. The van der Waals surface area contributed by atoms with Crippen LogP contribution in [0.5, 0.6) is 0 Å². The lowest BCUT2D eigenvalue weighted by Crippen LogP contribution is -2.27. The van der Waals surface area contributed by atoms with Crippen LogP contribution < -0.4 is 0 Å². The molecule has 0 saturated carbocycles. The van der Waals surface area contributed by atoms with E-state index in [-0.39, 0.29) is 12.2 Å². The average molecular weight is 272 g/mol. The molecule has 18 heavy (non-hydrogen) atoms. The lowest BCUT2D eigenvalue weighted by Gasteiger charge is -2.14. The van der Waals surface area contributed by atoms with Crippen molar-refractivity contribution in [1.82, 2.24) is 14.9 Å². The SMILES string of the molecule is COC1CN(Cc2nc(C)cc(Cl)n2)CC1OC. The molecule has 2 atom stereocenters. The number of aromatic nitrogens is 2. The number of hydrogen-bond acceptors (Lipinski definition) is 5. The zero-order valence-corrected chi connectivity index (χ0v) is 11.6. The van der Waals surface area contributed by atoms with E-state index in [1.54, 1.807) is 20.3 Å². The third kappa shape index (κ3) is 3.17. The number of aryl methyl sites for hydroxylation is 1. The van der Waals surface area contributed by atoms with E-state index in [0.717, 1.165) is 24.6 Å². The highest BCUT2D eigenvalue weighted by Crippen LogP contribution is 2.18. The molecular weight excluding hydrogens is 254 g/mol. The summed E-state index contributed by atoms with van der Waals surface area (Å²) in [5.74, 6) is 0.742. The fraction of sp³-hybridized carbons (Fsp3) is 0.667. The first-order valence-electron chi connectivity index (χ1n) is 5.90. The molecule has 1 aromatic rings. The highest BCUT2D eigenvalue weighted by molar-refractivity contribution is 6.29. The molecule has 1 saturated heterocycles. The van der Waals surface area contributed by atoms with E-state index in [4.69, 9.17) is 21.1 Å². The number of nitrogens with zero attached hydrogens (tertiary/aromatic N) is 3. The van der Waals surface area contributed by atoms with Gasteiger partial charge < -0.3 is 9.47 Å². The van der Waals surface area contributed by atoms with Crippen LogP contribution in [0.15, 0.2) is 6.07 Å². The molecule has 0 radical (unpaired) electrons. The van der Waals surface area contributed by atoms with Crippen molar-refractivity contribution in [2.75, 3.05) is 27.3 Å². The minimum atomic E-state index is 0.107. The van der Waals surface area contributed by atoms with Gasteiger partial charge in [-0.25, -0.2) is 9.97 Å². The van der Waals surface area contributed by atoms with E-state index >= 15 is 0 Å². The Balaban J connectivity index is 2.02. The van der Waals surface area contributed by atoms with E-state index < -0.39 is 0 Å². The van der Waals surface area contributed by atoms with Crippen molar-refractivity contribution in [3.05, 3.63) is 22.7 Å². The molecule has 6 heteroatoms. The summed E-state index contributed by atoms with van der Waals surface area (Å²) in [6.07, 6.45) is 0.213. The average Bonchev–Trinajstić information content (AvgIpc) is 2.69. The molecule has 100 valence electrons. The third-order valence-electron chi connectivity index (χ3n) is 3.13. The summed E-state index contributed by atoms with van der Waals surface area (Å²) in [4.78, 5) is 10.8. The minimum absolute atomic E-state index is 0.107. The molecule has 0 N–H and O–H groups in total. The van der Waals surface area contributed by atoms with Gasteiger partial charge in [0.25, 0.3) is 0 Å². The smallest absolute Gasteiger partial charge is 0.144 e. The Hall–Kier alpha value is -0.750. The first-order chi connectivity index (χ1) is 8.62. The van der Waals surface area contributed by atoms with E-state index in [0.29, 0.717) is 11.7 Å². The molecule has 0 aliphatic carbocycles. The molecule has 0 spiro atoms. The van der Waals surface area contributed by atoms with Gasteiger partial charge >= 0.3 is 0 Å². The molecular formula is C12H18ClN3O2. The largest absolute Gasteiger partial charge is 0.377 e. The summed E-state index contributed by atoms with van der Waals surface area (Å²) in [5, 5.41) is 0.489. The summed E-state index contributed by atoms with van der Waals surface area (Å²) in [6.45, 7) is 4.23. The van der Waals surface area contributed by atoms with Crippen molar-refractivity contribution in [2.24, 2.45) is 0 Å². The Morgan fingerprint density at radius 3 is 2.39 bits per heavy atom. The molecule has 2 rings (SSSR count). The Morgan fingerprint density at radius 1 is 1.28 bits per heavy atom. The van der Waals surface area contributed by atoms with E-state index in [1.807, 2.05) is 6.92 Å². The van der Waals surface area contributed by atoms with Crippen LogP contribution in [0.4, 0.5) is 0 Å². The minimum Gasteiger partial charge on any atom is -0.377 e. The number of halogens is 1. The Labute approximate surface area is 112 Å². The second kappa shape index (κ2) is 5.93. The van der Waals surface area contributed by atoms with Gasteiger partial charge in [-0.15, -0.1) is 0 Å². The molecule has 1 aliphatic rings. The van der Waals surface area contributed by atoms with Gasteiger partial charge in [-0.05, 0) is 13.0 Å². The number of methoxy groups -OCH3 is 2. The fourth-order valence-corrected chi connectivity index (χ4v) is 2.52. The van der Waals surface area contributed by atoms with Crippen LogP contribution in [0, 0.1) is 6.92 Å². The van der Waals surface area contributed by atoms with Gasteiger partial charge in [0.2, 0.25) is 0 Å². The van der Waals surface area contributed by atoms with Crippen molar-refractivity contribution >= 4 is 11.6 Å². The lowest BCUT2D eigenvalue weighted by molar-refractivity contribution is -0.00461. The molecule has 2 heterocycles. The first-order valence-corrected chi connectivity index (χ1v) is 6.28. The van der Waals surface area contributed by atoms with Gasteiger partial charge in [0.15, 0.2) is 0 Å². The zero-order valence-electron chi connectivity index (χ0n) is 10.9. The maximum Gasteiger partial charge on any atom is 0.144 e. The van der Waals surface area contributed by atoms with E-state index in [2.05, 4.69) is 14.9 Å². The van der Waals surface area contributed by atoms with Crippen molar-refractivity contribution in [2.45, 2.75) is 25.7 Å². The topological polar surface area (TPSA) is 47.5 Å². The molecule has 1 aromatic heterocycles. The molecule has 2 unspecified atom stereocenters. The maximum absolute atomic E-state index is 5.93. The standard InChI is InChI=1S/C12H18ClN3O2/c1-8-4-11(13)15-12(14-8)7-16-5-9(17-2)10(6-16)18-3/h4,9-10H,5-7H2,1-3H3. The molecule has 0 bridgehead atoms. The Morgan fingerprint density at radius 2 is 1.89 bits per heavy atom. The number of likely N-dealkylation sites (tertiary alicyclic amines) is 1. The second-order valence-electron chi connectivity index (χ2n) is 4.49. The van der Waals surface area contributed by atoms with Crippen LogP contribution >= 0.6 is 11.6 Å². The van der Waals surface area contributed by atoms with Crippen LogP contribution in [-0.2, 0) is 16.0 Å². The highest BCUT2D eigenvalue weighted by atomic mass is 35.5. The molecule has 1 aliphatic heterocycles. The van der Waals surface area contributed by atoms with E-state index in [1.165, 1.54) is 0 Å². The van der Waals surface area contributed by atoms with Gasteiger partial charge in [-0.3, -0.25) is 4.90 Å². The van der Waals surface area contributed by atoms with Crippen LogP contribution in [0.25, 0.3) is 0 Å². The first kappa shape index (κ1) is 13.7. The quantitative estimate of drug-likeness (QED) is 0.772. The van der Waals surface area contributed by atoms with Gasteiger partial charge in [-0.2, -0.15) is 0 Å². The molecule has 1 fully saturated rings. The Kier molecular flexibility index (Phi) is 4.50. The normalized spacial score (nSPS) is 24.7. The molecule has 0 amide bonds. The summed E-state index contributed by atoms with van der Waals surface area (Å²) < 4.78 is 10.8. The number of hydrogen-bond donors (Lipinski definition) is 0. The van der Waals surface area contributed by atoms with Crippen molar-refractivity contribution in [3.63, 3.8) is 0 Å². The zero-order chi connectivity index (χ0) is 13.1. The fourth-order valence-electron chi connectivity index (χ4n) is 2.26. The number of ether oxygens (including phenoxy) is 2. The molecule has 0 aromatic carbocycles. The summed E-state index contributed by atoms with van der Waals surface area (Å²) >= 11 is 5.93. The predicted molar refractivity (Wildman–Crippen MR) is 68.7 cm³/mol. The van der Waals surface area contributed by atoms with Crippen LogP contribution in [0.3, 0.4) is 0 Å². The summed E-state index contributed by atoms with van der Waals surface area (Å²) in [6, 6.07) is 1.75. The highest BCUT2D eigenvalue weighted by Gasteiger charge is 2.33. The lowest BCUT2D eigenvalue weighted by atomic mass is 10.3. The predicted octanol–water partition coefficient (Wildman–Crippen LogP) is 1.28. The van der Waals surface area contributed by atoms with Gasteiger partial charge in [-0.1, -0.05) is 11.6 Å². The van der Waals surface area contributed by atoms with Crippen LogP contribution in [-0.4, -0.2) is 54.4 Å². The number of rotatable bonds is 4. The molecule has 5 nitrogen and oxygen atoms in total. The van der Waals surface area contributed by atoms with Crippen LogP contribution in [0.2, 0.25) is 5.15 Å². The van der Waals surface area contributed by atoms with E-state index in [9.17, 15) is 0 Å². The van der Waals surface area contributed by atoms with Gasteiger partial charge in [0, 0.05) is 33.0 Å². The Bertz CT molecular complexity index is 384. The summed E-state index contributed by atoms with van der Waals surface area (Å²) in [5.41, 5.74) is 0.885. The van der Waals surface area contributed by atoms with Crippen molar-refractivity contribution in [1.29, 1.82) is 0 Å². The third-order valence-corrected chi connectivity index (χ3v) is 3.32. The second-order valence-corrected chi connectivity index (χ2v) is 4.88. The van der Waals surface area contributed by atoms with Crippen molar-refractivity contribution in [3.8, 4) is 0 Å². The van der Waals surface area contributed by atoms with Gasteiger partial charge in [0.05, 0.1) is 18.8 Å².